The normalized spacial score (nSPS) is 28.1. The zero-order chi connectivity index (χ0) is 14.7. The number of rotatable bonds is 4. The van der Waals surface area contributed by atoms with E-state index >= 15 is 0 Å². The van der Waals surface area contributed by atoms with Gasteiger partial charge in [-0.15, -0.1) is 0 Å². The molecule has 116 valence electrons. The Balaban J connectivity index is 1.45. The van der Waals surface area contributed by atoms with Gasteiger partial charge in [0.05, 0.1) is 0 Å². The molecule has 1 unspecified atom stereocenters. The first-order valence-electron chi connectivity index (χ1n) is 8.31. The molecule has 0 bridgehead atoms. The highest BCUT2D eigenvalue weighted by Crippen LogP contribution is 2.29. The van der Waals surface area contributed by atoms with Gasteiger partial charge in [-0.05, 0) is 74.3 Å². The van der Waals surface area contributed by atoms with Crippen molar-refractivity contribution in [3.05, 3.63) is 35.6 Å². The van der Waals surface area contributed by atoms with Crippen LogP contribution in [-0.4, -0.2) is 37.6 Å². The van der Waals surface area contributed by atoms with Crippen molar-refractivity contribution >= 4 is 0 Å². The highest BCUT2D eigenvalue weighted by molar-refractivity contribution is 5.16. The second kappa shape index (κ2) is 6.45. The fourth-order valence-electron chi connectivity index (χ4n) is 3.85. The molecule has 1 aromatic rings. The first-order valence-corrected chi connectivity index (χ1v) is 8.31. The Kier molecular flexibility index (Phi) is 4.60. The monoisotopic (exact) mass is 290 g/mol. The zero-order valence-corrected chi connectivity index (χ0v) is 13.1. The van der Waals surface area contributed by atoms with E-state index in [2.05, 4.69) is 17.1 Å². The lowest BCUT2D eigenvalue weighted by Gasteiger charge is -2.37. The molecule has 2 fully saturated rings. The van der Waals surface area contributed by atoms with Gasteiger partial charge in [-0.2, -0.15) is 0 Å². The summed E-state index contributed by atoms with van der Waals surface area (Å²) in [5, 5.41) is 3.49. The van der Waals surface area contributed by atoms with Gasteiger partial charge in [-0.3, -0.25) is 0 Å². The number of hydrogen-bond acceptors (Lipinski definition) is 2. The smallest absolute Gasteiger partial charge is 0.123 e. The lowest BCUT2D eigenvalue weighted by Crippen LogP contribution is -2.42. The van der Waals surface area contributed by atoms with E-state index in [0.717, 1.165) is 12.3 Å². The van der Waals surface area contributed by atoms with E-state index in [4.69, 9.17) is 0 Å². The van der Waals surface area contributed by atoms with E-state index in [1.807, 2.05) is 12.1 Å². The molecule has 2 aliphatic rings. The van der Waals surface area contributed by atoms with E-state index in [-0.39, 0.29) is 5.82 Å². The highest BCUT2D eigenvalue weighted by Gasteiger charge is 2.32. The summed E-state index contributed by atoms with van der Waals surface area (Å²) >= 11 is 0. The fraction of sp³-hybridized carbons (Fsp3) is 0.667. The van der Waals surface area contributed by atoms with Crippen LogP contribution >= 0.6 is 0 Å². The standard InChI is InChI=1S/C18H27FN2/c1-18(8-9-20-13-18)14-21-10-6-16(7-11-21)12-15-2-4-17(19)5-3-15/h2-5,16,20H,6-14H2,1H3. The first-order chi connectivity index (χ1) is 10.1. The second-order valence-corrected chi connectivity index (χ2v) is 7.29. The molecule has 0 aliphatic carbocycles. The van der Waals surface area contributed by atoms with Crippen molar-refractivity contribution in [3.8, 4) is 0 Å². The van der Waals surface area contributed by atoms with Gasteiger partial charge in [0, 0.05) is 13.1 Å². The Morgan fingerprint density at radius 2 is 1.95 bits per heavy atom. The van der Waals surface area contributed by atoms with Crippen LogP contribution in [0.15, 0.2) is 24.3 Å². The van der Waals surface area contributed by atoms with Crippen molar-refractivity contribution < 1.29 is 4.39 Å². The van der Waals surface area contributed by atoms with Crippen LogP contribution in [0.4, 0.5) is 4.39 Å². The fourth-order valence-corrected chi connectivity index (χ4v) is 3.85. The first kappa shape index (κ1) is 15.0. The number of piperidine rings is 1. The molecule has 0 spiro atoms. The summed E-state index contributed by atoms with van der Waals surface area (Å²) in [6.07, 6.45) is 4.97. The van der Waals surface area contributed by atoms with Gasteiger partial charge in [-0.25, -0.2) is 4.39 Å². The highest BCUT2D eigenvalue weighted by atomic mass is 19.1. The molecule has 0 amide bonds. The van der Waals surface area contributed by atoms with Crippen LogP contribution < -0.4 is 5.32 Å². The van der Waals surface area contributed by atoms with Crippen molar-refractivity contribution in [2.75, 3.05) is 32.7 Å². The van der Waals surface area contributed by atoms with Crippen molar-refractivity contribution in [2.24, 2.45) is 11.3 Å². The number of nitrogens with one attached hydrogen (secondary N) is 1. The predicted molar refractivity (Wildman–Crippen MR) is 84.9 cm³/mol. The maximum absolute atomic E-state index is 12.9. The maximum atomic E-state index is 12.9. The van der Waals surface area contributed by atoms with E-state index in [0.29, 0.717) is 5.41 Å². The minimum absolute atomic E-state index is 0.132. The van der Waals surface area contributed by atoms with Crippen molar-refractivity contribution in [2.45, 2.75) is 32.6 Å². The third kappa shape index (κ3) is 4.04. The van der Waals surface area contributed by atoms with E-state index in [9.17, 15) is 4.39 Å². The Labute approximate surface area is 127 Å². The Morgan fingerprint density at radius 3 is 2.57 bits per heavy atom. The number of halogens is 1. The average molecular weight is 290 g/mol. The summed E-state index contributed by atoms with van der Waals surface area (Å²) in [6.45, 7) is 8.45. The average Bonchev–Trinajstić information content (AvgIpc) is 2.90. The van der Waals surface area contributed by atoms with Crippen molar-refractivity contribution in [3.63, 3.8) is 0 Å². The topological polar surface area (TPSA) is 15.3 Å². The molecule has 3 rings (SSSR count). The Bertz CT molecular complexity index is 443. The van der Waals surface area contributed by atoms with E-state index < -0.39 is 0 Å². The van der Waals surface area contributed by atoms with Crippen LogP contribution in [0, 0.1) is 17.2 Å². The van der Waals surface area contributed by atoms with Crippen LogP contribution in [0.5, 0.6) is 0 Å². The lowest BCUT2D eigenvalue weighted by molar-refractivity contribution is 0.128. The maximum Gasteiger partial charge on any atom is 0.123 e. The molecular weight excluding hydrogens is 263 g/mol. The SMILES string of the molecule is CC1(CN2CCC(Cc3ccc(F)cc3)CC2)CCNC1. The van der Waals surface area contributed by atoms with E-state index in [1.54, 1.807) is 12.1 Å². The summed E-state index contributed by atoms with van der Waals surface area (Å²) in [6, 6.07) is 7.04. The summed E-state index contributed by atoms with van der Waals surface area (Å²) in [7, 11) is 0. The third-order valence-electron chi connectivity index (χ3n) is 5.21. The molecular formula is C18H27FN2. The van der Waals surface area contributed by atoms with Gasteiger partial charge < -0.3 is 10.2 Å². The number of hydrogen-bond donors (Lipinski definition) is 1. The van der Waals surface area contributed by atoms with Gasteiger partial charge in [0.25, 0.3) is 0 Å². The quantitative estimate of drug-likeness (QED) is 0.917. The van der Waals surface area contributed by atoms with Crippen LogP contribution in [0.2, 0.25) is 0 Å². The third-order valence-corrected chi connectivity index (χ3v) is 5.21. The number of benzene rings is 1. The molecule has 2 aliphatic heterocycles. The van der Waals surface area contributed by atoms with Gasteiger partial charge in [0.1, 0.15) is 5.82 Å². The van der Waals surface area contributed by atoms with Gasteiger partial charge in [-0.1, -0.05) is 19.1 Å². The molecule has 0 radical (unpaired) electrons. The van der Waals surface area contributed by atoms with Gasteiger partial charge in [0.15, 0.2) is 0 Å². The second-order valence-electron chi connectivity index (χ2n) is 7.29. The molecule has 3 heteroatoms. The van der Waals surface area contributed by atoms with Crippen molar-refractivity contribution in [1.82, 2.24) is 10.2 Å². The van der Waals surface area contributed by atoms with Gasteiger partial charge in [0.2, 0.25) is 0 Å². The Morgan fingerprint density at radius 1 is 1.24 bits per heavy atom. The summed E-state index contributed by atoms with van der Waals surface area (Å²) in [4.78, 5) is 2.65. The van der Waals surface area contributed by atoms with Crippen LogP contribution in [0.3, 0.4) is 0 Å². The summed E-state index contributed by atoms with van der Waals surface area (Å²) < 4.78 is 12.9. The molecule has 0 aromatic heterocycles. The van der Waals surface area contributed by atoms with Crippen LogP contribution in [-0.2, 0) is 6.42 Å². The van der Waals surface area contributed by atoms with Crippen LogP contribution in [0.25, 0.3) is 0 Å². The zero-order valence-electron chi connectivity index (χ0n) is 13.1. The largest absolute Gasteiger partial charge is 0.316 e. The number of likely N-dealkylation sites (tertiary alicyclic amines) is 1. The molecule has 21 heavy (non-hydrogen) atoms. The molecule has 1 N–H and O–H groups in total. The molecule has 2 heterocycles. The van der Waals surface area contributed by atoms with Crippen LogP contribution in [0.1, 0.15) is 31.7 Å². The van der Waals surface area contributed by atoms with Gasteiger partial charge >= 0.3 is 0 Å². The molecule has 2 nitrogen and oxygen atoms in total. The van der Waals surface area contributed by atoms with Crippen molar-refractivity contribution in [1.29, 1.82) is 0 Å². The Hall–Kier alpha value is -0.930. The minimum atomic E-state index is -0.132. The van der Waals surface area contributed by atoms with E-state index in [1.165, 1.54) is 57.5 Å². The molecule has 1 atom stereocenters. The molecule has 1 aromatic carbocycles. The molecule has 0 saturated carbocycles. The minimum Gasteiger partial charge on any atom is -0.316 e. The number of nitrogens with zero attached hydrogens (tertiary/aromatic N) is 1. The lowest BCUT2D eigenvalue weighted by atomic mass is 9.86. The molecule has 2 saturated heterocycles. The summed E-state index contributed by atoms with van der Waals surface area (Å²) in [5.74, 6) is 0.633. The predicted octanol–water partition coefficient (Wildman–Crippen LogP) is 3.08. The summed E-state index contributed by atoms with van der Waals surface area (Å²) in [5.41, 5.74) is 1.76.